The Bertz CT molecular complexity index is 724. The van der Waals surface area contributed by atoms with Crippen molar-refractivity contribution in [2.75, 3.05) is 11.4 Å². The molecule has 0 amide bonds. The van der Waals surface area contributed by atoms with E-state index in [0.717, 1.165) is 34.0 Å². The molecular formula is C17H17NO2S. The Morgan fingerprint density at radius 2 is 1.81 bits per heavy atom. The van der Waals surface area contributed by atoms with Crippen LogP contribution < -0.4 is 4.90 Å². The first kappa shape index (κ1) is 14.0. The molecule has 1 atom stereocenters. The van der Waals surface area contributed by atoms with Gasteiger partial charge in [0.25, 0.3) is 0 Å². The molecule has 0 aromatic heterocycles. The van der Waals surface area contributed by atoms with E-state index in [4.69, 9.17) is 0 Å². The highest BCUT2D eigenvalue weighted by molar-refractivity contribution is 7.85. The van der Waals surface area contributed by atoms with Crippen molar-refractivity contribution in [3.63, 3.8) is 0 Å². The van der Waals surface area contributed by atoms with E-state index in [0.29, 0.717) is 11.5 Å². The molecule has 21 heavy (non-hydrogen) atoms. The Kier molecular flexibility index (Phi) is 3.64. The second-order valence-electron chi connectivity index (χ2n) is 5.59. The third-order valence-corrected chi connectivity index (χ3v) is 4.99. The highest BCUT2D eigenvalue weighted by Gasteiger charge is 2.28. The zero-order valence-electron chi connectivity index (χ0n) is 12.1. The van der Waals surface area contributed by atoms with Crippen LogP contribution in [0.4, 0.5) is 11.4 Å². The number of anilines is 2. The van der Waals surface area contributed by atoms with Gasteiger partial charge < -0.3 is 4.90 Å². The molecule has 1 unspecified atom stereocenters. The number of hydrogen-bond acceptors (Lipinski definition) is 3. The van der Waals surface area contributed by atoms with Crippen LogP contribution in [-0.4, -0.2) is 17.0 Å². The third kappa shape index (κ3) is 2.40. The Balaban J connectivity index is 2.21. The fourth-order valence-corrected chi connectivity index (χ4v) is 4.04. The van der Waals surface area contributed by atoms with Gasteiger partial charge in [0.1, 0.15) is 6.29 Å². The van der Waals surface area contributed by atoms with Crippen LogP contribution in [0.15, 0.2) is 52.3 Å². The summed E-state index contributed by atoms with van der Waals surface area (Å²) in [5, 5.41) is 0. The zero-order valence-corrected chi connectivity index (χ0v) is 12.9. The van der Waals surface area contributed by atoms with Crippen LogP contribution in [-0.2, 0) is 10.8 Å². The number of hydrogen-bond donors (Lipinski definition) is 0. The van der Waals surface area contributed by atoms with Crippen molar-refractivity contribution < 1.29 is 9.00 Å². The van der Waals surface area contributed by atoms with E-state index in [2.05, 4.69) is 18.7 Å². The fraction of sp³-hybridized carbons (Fsp3) is 0.235. The molecule has 0 N–H and O–H groups in total. The van der Waals surface area contributed by atoms with Crippen LogP contribution in [0.2, 0.25) is 0 Å². The minimum Gasteiger partial charge on any atom is -0.339 e. The van der Waals surface area contributed by atoms with Crippen LogP contribution in [0.3, 0.4) is 0 Å². The van der Waals surface area contributed by atoms with Gasteiger partial charge in [-0.3, -0.25) is 4.79 Å². The highest BCUT2D eigenvalue weighted by Crippen LogP contribution is 2.42. The maximum absolute atomic E-state index is 12.8. The lowest BCUT2D eigenvalue weighted by molar-refractivity contribution is 0.112. The van der Waals surface area contributed by atoms with Gasteiger partial charge in [0.15, 0.2) is 0 Å². The fourth-order valence-electron chi connectivity index (χ4n) is 2.62. The van der Waals surface area contributed by atoms with Crippen LogP contribution in [0.25, 0.3) is 0 Å². The number of benzene rings is 2. The van der Waals surface area contributed by atoms with E-state index in [1.54, 1.807) is 12.1 Å². The van der Waals surface area contributed by atoms with E-state index in [9.17, 15) is 9.00 Å². The minimum absolute atomic E-state index is 0.475. The molecule has 1 aliphatic heterocycles. The maximum Gasteiger partial charge on any atom is 0.150 e. The summed E-state index contributed by atoms with van der Waals surface area (Å²) < 4.78 is 12.8. The summed E-state index contributed by atoms with van der Waals surface area (Å²) in [6.07, 6.45) is 0.796. The smallest absolute Gasteiger partial charge is 0.150 e. The maximum atomic E-state index is 12.8. The molecule has 0 radical (unpaired) electrons. The van der Waals surface area contributed by atoms with Crippen molar-refractivity contribution in [1.29, 1.82) is 0 Å². The molecule has 0 saturated carbocycles. The quantitative estimate of drug-likeness (QED) is 0.810. The second kappa shape index (κ2) is 5.45. The molecule has 0 saturated heterocycles. The van der Waals surface area contributed by atoms with Gasteiger partial charge in [-0.1, -0.05) is 26.0 Å². The molecule has 0 aliphatic carbocycles. The first-order valence-corrected chi connectivity index (χ1v) is 8.14. The van der Waals surface area contributed by atoms with Crippen molar-refractivity contribution in [3.05, 3.63) is 48.0 Å². The van der Waals surface area contributed by atoms with Gasteiger partial charge in [0, 0.05) is 12.1 Å². The number of para-hydroxylation sites is 1. The van der Waals surface area contributed by atoms with E-state index in [-0.39, 0.29) is 0 Å². The van der Waals surface area contributed by atoms with Crippen molar-refractivity contribution in [2.45, 2.75) is 23.6 Å². The number of carbonyl (C=O) groups is 1. The number of rotatable bonds is 3. The van der Waals surface area contributed by atoms with E-state index < -0.39 is 10.8 Å². The number of carbonyl (C=O) groups excluding carboxylic acids is 1. The van der Waals surface area contributed by atoms with Crippen molar-refractivity contribution >= 4 is 28.5 Å². The van der Waals surface area contributed by atoms with Crippen LogP contribution in [0, 0.1) is 5.92 Å². The molecule has 0 fully saturated rings. The minimum atomic E-state index is -1.24. The average Bonchev–Trinajstić information content (AvgIpc) is 2.50. The average molecular weight is 299 g/mol. The van der Waals surface area contributed by atoms with Crippen LogP contribution in [0.5, 0.6) is 0 Å². The SMILES string of the molecule is CC(C)CN1c2ccccc2S(=O)c2cc(C=O)ccc21. The molecular weight excluding hydrogens is 282 g/mol. The zero-order chi connectivity index (χ0) is 15.0. The lowest BCUT2D eigenvalue weighted by Gasteiger charge is -2.33. The summed E-state index contributed by atoms with van der Waals surface area (Å²) in [5.74, 6) is 0.475. The Hall–Kier alpha value is -1.94. The molecule has 1 aliphatic rings. The first-order valence-electron chi connectivity index (χ1n) is 6.99. The van der Waals surface area contributed by atoms with Gasteiger partial charge >= 0.3 is 0 Å². The molecule has 3 nitrogen and oxygen atoms in total. The van der Waals surface area contributed by atoms with Crippen LogP contribution >= 0.6 is 0 Å². The van der Waals surface area contributed by atoms with Crippen molar-refractivity contribution in [1.82, 2.24) is 0 Å². The van der Waals surface area contributed by atoms with Gasteiger partial charge in [-0.05, 0) is 36.2 Å². The van der Waals surface area contributed by atoms with Gasteiger partial charge in [0.2, 0.25) is 0 Å². The van der Waals surface area contributed by atoms with Gasteiger partial charge in [0.05, 0.1) is 32.0 Å². The molecule has 0 spiro atoms. The summed E-state index contributed by atoms with van der Waals surface area (Å²) in [6, 6.07) is 13.2. The predicted octanol–water partition coefficient (Wildman–Crippen LogP) is 3.77. The number of aldehydes is 1. The number of fused-ring (bicyclic) bond motifs is 2. The molecule has 2 aromatic rings. The largest absolute Gasteiger partial charge is 0.339 e. The Morgan fingerprint density at radius 3 is 2.52 bits per heavy atom. The molecule has 108 valence electrons. The van der Waals surface area contributed by atoms with Gasteiger partial charge in [-0.15, -0.1) is 0 Å². The second-order valence-corrected chi connectivity index (χ2v) is 7.00. The monoisotopic (exact) mass is 299 g/mol. The van der Waals surface area contributed by atoms with E-state index >= 15 is 0 Å². The predicted molar refractivity (Wildman–Crippen MR) is 84.8 cm³/mol. The van der Waals surface area contributed by atoms with Crippen molar-refractivity contribution in [3.8, 4) is 0 Å². The molecule has 3 rings (SSSR count). The van der Waals surface area contributed by atoms with E-state index in [1.165, 1.54) is 0 Å². The van der Waals surface area contributed by atoms with E-state index in [1.807, 2.05) is 30.3 Å². The topological polar surface area (TPSA) is 37.4 Å². The number of nitrogens with zero attached hydrogens (tertiary/aromatic N) is 1. The Labute approximate surface area is 127 Å². The molecule has 4 heteroatoms. The van der Waals surface area contributed by atoms with Gasteiger partial charge in [-0.2, -0.15) is 0 Å². The highest BCUT2D eigenvalue weighted by atomic mass is 32.2. The van der Waals surface area contributed by atoms with Gasteiger partial charge in [-0.25, -0.2) is 4.21 Å². The molecule has 2 aromatic carbocycles. The summed E-state index contributed by atoms with van der Waals surface area (Å²) in [4.78, 5) is 14.7. The lowest BCUT2D eigenvalue weighted by atomic mass is 10.1. The summed E-state index contributed by atoms with van der Waals surface area (Å²) in [5.41, 5.74) is 2.49. The van der Waals surface area contributed by atoms with Crippen LogP contribution in [0.1, 0.15) is 24.2 Å². The van der Waals surface area contributed by atoms with Crippen molar-refractivity contribution in [2.24, 2.45) is 5.92 Å². The molecule has 0 bridgehead atoms. The summed E-state index contributed by atoms with van der Waals surface area (Å²) in [6.45, 7) is 5.17. The lowest BCUT2D eigenvalue weighted by Crippen LogP contribution is -2.27. The summed E-state index contributed by atoms with van der Waals surface area (Å²) >= 11 is 0. The normalized spacial score (nSPS) is 16.5. The summed E-state index contributed by atoms with van der Waals surface area (Å²) in [7, 11) is -1.24. The first-order chi connectivity index (χ1) is 10.1. The molecule has 1 heterocycles. The third-order valence-electron chi connectivity index (χ3n) is 3.51. The standard InChI is InChI=1S/C17H17NO2S/c1-12(2)10-18-14-5-3-4-6-16(14)21(20)17-9-13(11-19)7-8-15(17)18/h3-9,11-12H,10H2,1-2H3. The Morgan fingerprint density at radius 1 is 1.10 bits per heavy atom.